The summed E-state index contributed by atoms with van der Waals surface area (Å²) in [7, 11) is 0. The standard InChI is InChI=1S/C26H24ClN7O2/c27-21-6-2-3-7-23(21)29-26(36)28-22-13-12-19(16-20(22)24-30-32-33-31-24)17-8-10-18(11-9-17)25(35)34-14-4-1-5-15-34/h2-3,6-13,16H,1,4-5,14-15H2,(H2,28,29,36)(H,30,31,32,33). The summed E-state index contributed by atoms with van der Waals surface area (Å²) in [6, 6.07) is 19.6. The average molecular weight is 502 g/mol. The first kappa shape index (κ1) is 23.5. The zero-order valence-electron chi connectivity index (χ0n) is 19.4. The van der Waals surface area contributed by atoms with Gasteiger partial charge in [0.25, 0.3) is 5.91 Å². The van der Waals surface area contributed by atoms with Gasteiger partial charge in [-0.25, -0.2) is 9.89 Å². The molecular formula is C26H24ClN7O2. The lowest BCUT2D eigenvalue weighted by atomic mass is 9.99. The fourth-order valence-corrected chi connectivity index (χ4v) is 4.41. The van der Waals surface area contributed by atoms with Gasteiger partial charge in [0.15, 0.2) is 5.82 Å². The van der Waals surface area contributed by atoms with Crippen LogP contribution in [0.1, 0.15) is 29.6 Å². The molecule has 4 aromatic rings. The molecule has 1 aliphatic heterocycles. The van der Waals surface area contributed by atoms with Crippen molar-refractivity contribution in [3.8, 4) is 22.5 Å². The molecule has 0 spiro atoms. The number of aromatic nitrogens is 4. The highest BCUT2D eigenvalue weighted by atomic mass is 35.5. The summed E-state index contributed by atoms with van der Waals surface area (Å²) in [5, 5.41) is 20.1. The number of hydrogen-bond donors (Lipinski definition) is 3. The SMILES string of the molecule is O=C(Nc1ccccc1Cl)Nc1ccc(-c2ccc(C(=O)N3CCCCC3)cc2)cc1-c1nnn[nH]1. The Morgan fingerprint density at radius 3 is 2.31 bits per heavy atom. The molecule has 0 unspecified atom stereocenters. The van der Waals surface area contributed by atoms with Crippen LogP contribution in [0.2, 0.25) is 5.02 Å². The van der Waals surface area contributed by atoms with E-state index >= 15 is 0 Å². The van der Waals surface area contributed by atoms with Crippen LogP contribution in [-0.4, -0.2) is 50.6 Å². The molecule has 36 heavy (non-hydrogen) atoms. The summed E-state index contributed by atoms with van der Waals surface area (Å²) in [5.41, 5.74) is 4.10. The van der Waals surface area contributed by atoms with E-state index in [9.17, 15) is 9.59 Å². The highest BCUT2D eigenvalue weighted by Gasteiger charge is 2.18. The minimum absolute atomic E-state index is 0.0683. The van der Waals surface area contributed by atoms with E-state index in [1.165, 1.54) is 6.42 Å². The van der Waals surface area contributed by atoms with Crippen LogP contribution in [0.25, 0.3) is 22.5 Å². The van der Waals surface area contributed by atoms with E-state index in [0.717, 1.165) is 37.1 Å². The van der Waals surface area contributed by atoms with Gasteiger partial charge in [0.05, 0.1) is 16.4 Å². The van der Waals surface area contributed by atoms with E-state index in [1.807, 2.05) is 41.3 Å². The lowest BCUT2D eigenvalue weighted by Crippen LogP contribution is -2.35. The van der Waals surface area contributed by atoms with E-state index in [0.29, 0.717) is 33.3 Å². The summed E-state index contributed by atoms with van der Waals surface area (Å²) in [6.45, 7) is 1.63. The summed E-state index contributed by atoms with van der Waals surface area (Å²) in [5.74, 6) is 0.473. The van der Waals surface area contributed by atoms with Crippen LogP contribution >= 0.6 is 11.6 Å². The second-order valence-corrected chi connectivity index (χ2v) is 8.91. The first-order chi connectivity index (χ1) is 17.6. The number of anilines is 2. The maximum absolute atomic E-state index is 12.8. The minimum Gasteiger partial charge on any atom is -0.339 e. The van der Waals surface area contributed by atoms with E-state index < -0.39 is 6.03 Å². The van der Waals surface area contributed by atoms with Crippen molar-refractivity contribution in [2.75, 3.05) is 23.7 Å². The first-order valence-electron chi connectivity index (χ1n) is 11.7. The molecule has 182 valence electrons. The Morgan fingerprint density at radius 2 is 1.58 bits per heavy atom. The van der Waals surface area contributed by atoms with Crippen molar-refractivity contribution in [1.82, 2.24) is 25.5 Å². The van der Waals surface area contributed by atoms with Crippen molar-refractivity contribution < 1.29 is 9.59 Å². The molecule has 0 saturated carbocycles. The third kappa shape index (κ3) is 5.21. The molecular weight excluding hydrogens is 478 g/mol. The number of piperidine rings is 1. The predicted octanol–water partition coefficient (Wildman–Crippen LogP) is 5.46. The van der Waals surface area contributed by atoms with Gasteiger partial charge in [-0.1, -0.05) is 41.9 Å². The lowest BCUT2D eigenvalue weighted by Gasteiger charge is -2.26. The average Bonchev–Trinajstić information content (AvgIpc) is 3.45. The Kier molecular flexibility index (Phi) is 6.90. The number of carbonyl (C=O) groups is 2. The monoisotopic (exact) mass is 501 g/mol. The number of nitrogens with zero attached hydrogens (tertiary/aromatic N) is 4. The fourth-order valence-electron chi connectivity index (χ4n) is 4.23. The van der Waals surface area contributed by atoms with E-state index in [1.54, 1.807) is 30.3 Å². The molecule has 0 aliphatic carbocycles. The molecule has 3 amide bonds. The molecule has 2 heterocycles. The molecule has 1 fully saturated rings. The Hall–Kier alpha value is -4.24. The molecule has 10 heteroatoms. The summed E-state index contributed by atoms with van der Waals surface area (Å²) in [4.78, 5) is 27.4. The molecule has 1 aliphatic rings. The third-order valence-electron chi connectivity index (χ3n) is 6.10. The summed E-state index contributed by atoms with van der Waals surface area (Å²) >= 11 is 6.15. The van der Waals surface area contributed by atoms with Crippen LogP contribution in [0.5, 0.6) is 0 Å². The number of tetrazole rings is 1. The Labute approximate surface area is 212 Å². The van der Waals surface area contributed by atoms with Crippen LogP contribution in [0.4, 0.5) is 16.2 Å². The Balaban J connectivity index is 1.38. The maximum Gasteiger partial charge on any atom is 0.323 e. The highest BCUT2D eigenvalue weighted by Crippen LogP contribution is 2.31. The molecule has 0 radical (unpaired) electrons. The van der Waals surface area contributed by atoms with Gasteiger partial charge < -0.3 is 15.5 Å². The summed E-state index contributed by atoms with van der Waals surface area (Å²) < 4.78 is 0. The van der Waals surface area contributed by atoms with Crippen LogP contribution in [-0.2, 0) is 0 Å². The summed E-state index contributed by atoms with van der Waals surface area (Å²) in [6.07, 6.45) is 3.29. The zero-order valence-corrected chi connectivity index (χ0v) is 20.1. The van der Waals surface area contributed by atoms with Gasteiger partial charge in [-0.2, -0.15) is 0 Å². The van der Waals surface area contributed by atoms with Crippen molar-refractivity contribution in [1.29, 1.82) is 0 Å². The number of hydrogen-bond acceptors (Lipinski definition) is 5. The van der Waals surface area contributed by atoms with Gasteiger partial charge in [0, 0.05) is 24.2 Å². The Morgan fingerprint density at radius 1 is 0.861 bits per heavy atom. The first-order valence-corrected chi connectivity index (χ1v) is 12.1. The second-order valence-electron chi connectivity index (χ2n) is 8.50. The maximum atomic E-state index is 12.8. The van der Waals surface area contributed by atoms with Gasteiger partial charge in [-0.3, -0.25) is 4.79 Å². The van der Waals surface area contributed by atoms with Gasteiger partial charge in [0.1, 0.15) is 0 Å². The van der Waals surface area contributed by atoms with E-state index in [-0.39, 0.29) is 5.91 Å². The molecule has 5 rings (SSSR count). The van der Waals surface area contributed by atoms with Gasteiger partial charge in [-0.05, 0) is 77.2 Å². The molecule has 9 nitrogen and oxygen atoms in total. The number of benzene rings is 3. The van der Waals surface area contributed by atoms with Crippen LogP contribution in [0, 0.1) is 0 Å². The molecule has 3 N–H and O–H groups in total. The smallest absolute Gasteiger partial charge is 0.323 e. The molecule has 1 aromatic heterocycles. The minimum atomic E-state index is -0.454. The third-order valence-corrected chi connectivity index (χ3v) is 6.43. The van der Waals surface area contributed by atoms with E-state index in [2.05, 4.69) is 31.3 Å². The van der Waals surface area contributed by atoms with Crippen molar-refractivity contribution in [3.63, 3.8) is 0 Å². The fraction of sp³-hybridized carbons (Fsp3) is 0.192. The topological polar surface area (TPSA) is 116 Å². The van der Waals surface area contributed by atoms with Gasteiger partial charge in [-0.15, -0.1) is 5.10 Å². The number of amides is 3. The number of H-pyrrole nitrogens is 1. The quantitative estimate of drug-likeness (QED) is 0.336. The molecule has 3 aromatic carbocycles. The number of para-hydroxylation sites is 1. The van der Waals surface area contributed by atoms with Crippen molar-refractivity contribution in [2.45, 2.75) is 19.3 Å². The number of nitrogens with one attached hydrogen (secondary N) is 3. The van der Waals surface area contributed by atoms with E-state index in [4.69, 9.17) is 11.6 Å². The zero-order chi connectivity index (χ0) is 24.9. The van der Waals surface area contributed by atoms with Crippen molar-refractivity contribution in [3.05, 3.63) is 77.3 Å². The van der Waals surface area contributed by atoms with Crippen molar-refractivity contribution in [2.24, 2.45) is 0 Å². The number of rotatable bonds is 5. The number of carbonyl (C=O) groups excluding carboxylic acids is 2. The van der Waals surface area contributed by atoms with Gasteiger partial charge >= 0.3 is 6.03 Å². The van der Waals surface area contributed by atoms with Crippen molar-refractivity contribution >= 4 is 34.9 Å². The Bertz CT molecular complexity index is 1370. The molecule has 0 atom stereocenters. The lowest BCUT2D eigenvalue weighted by molar-refractivity contribution is 0.0724. The van der Waals surface area contributed by atoms with Crippen LogP contribution in [0.3, 0.4) is 0 Å². The normalized spacial score (nSPS) is 13.3. The largest absolute Gasteiger partial charge is 0.339 e. The molecule has 1 saturated heterocycles. The van der Waals surface area contributed by atoms with Crippen LogP contribution < -0.4 is 10.6 Å². The van der Waals surface area contributed by atoms with Crippen LogP contribution in [0.15, 0.2) is 66.7 Å². The number of halogens is 1. The predicted molar refractivity (Wildman–Crippen MR) is 139 cm³/mol. The van der Waals surface area contributed by atoms with Gasteiger partial charge in [0.2, 0.25) is 0 Å². The number of likely N-dealkylation sites (tertiary alicyclic amines) is 1. The molecule has 0 bridgehead atoms. The second kappa shape index (κ2) is 10.6. The number of aromatic amines is 1. The highest BCUT2D eigenvalue weighted by molar-refractivity contribution is 6.33. The number of urea groups is 1.